The highest BCUT2D eigenvalue weighted by Crippen LogP contribution is 2.28. The number of methoxy groups -OCH3 is 3. The average Bonchev–Trinajstić information content (AvgIpc) is 2.86. The number of anilines is 1. The molecule has 10 heteroatoms. The molecule has 0 aliphatic rings. The summed E-state index contributed by atoms with van der Waals surface area (Å²) in [6.45, 7) is -0.0444. The number of rotatable bonds is 11. The van der Waals surface area contributed by atoms with Crippen molar-refractivity contribution in [2.75, 3.05) is 32.7 Å². The molecule has 0 unspecified atom stereocenters. The van der Waals surface area contributed by atoms with Gasteiger partial charge in [0.25, 0.3) is 15.9 Å². The van der Waals surface area contributed by atoms with Gasteiger partial charge in [0.15, 0.2) is 6.61 Å². The lowest BCUT2D eigenvalue weighted by Gasteiger charge is -2.14. The number of amides is 1. The molecule has 0 radical (unpaired) electrons. The molecule has 0 saturated carbocycles. The normalized spacial score (nSPS) is 10.8. The lowest BCUT2D eigenvalue weighted by molar-refractivity contribution is -0.123. The molecule has 0 bridgehead atoms. The SMILES string of the molecule is COc1ccc(NS(=O)(=O)c2ccc(OCC(=O)NCc3c(OC)cccc3OC)cc2)cc1. The lowest BCUT2D eigenvalue weighted by atomic mass is 10.1. The van der Waals surface area contributed by atoms with Crippen LogP contribution >= 0.6 is 0 Å². The van der Waals surface area contributed by atoms with Gasteiger partial charge in [-0.3, -0.25) is 9.52 Å². The molecule has 34 heavy (non-hydrogen) atoms. The van der Waals surface area contributed by atoms with E-state index in [2.05, 4.69) is 10.0 Å². The second-order valence-corrected chi connectivity index (χ2v) is 8.69. The van der Waals surface area contributed by atoms with E-state index in [0.717, 1.165) is 0 Å². The quantitative estimate of drug-likeness (QED) is 0.428. The molecule has 0 saturated heterocycles. The van der Waals surface area contributed by atoms with Crippen LogP contribution in [-0.2, 0) is 21.4 Å². The van der Waals surface area contributed by atoms with Crippen molar-refractivity contribution in [3.63, 3.8) is 0 Å². The van der Waals surface area contributed by atoms with Gasteiger partial charge in [-0.05, 0) is 60.7 Å². The van der Waals surface area contributed by atoms with E-state index < -0.39 is 10.0 Å². The average molecular weight is 487 g/mol. The van der Waals surface area contributed by atoms with Crippen molar-refractivity contribution >= 4 is 21.6 Å². The molecule has 180 valence electrons. The molecule has 2 N–H and O–H groups in total. The molecule has 0 heterocycles. The Kier molecular flexibility index (Phi) is 8.20. The van der Waals surface area contributed by atoms with Gasteiger partial charge in [-0.25, -0.2) is 8.42 Å². The largest absolute Gasteiger partial charge is 0.497 e. The van der Waals surface area contributed by atoms with Crippen LogP contribution in [0.25, 0.3) is 0 Å². The third-order valence-electron chi connectivity index (χ3n) is 4.84. The molecule has 0 aliphatic carbocycles. The van der Waals surface area contributed by atoms with Crippen molar-refractivity contribution in [3.8, 4) is 23.0 Å². The third-order valence-corrected chi connectivity index (χ3v) is 6.24. The Bertz CT molecular complexity index is 1190. The molecule has 0 fully saturated rings. The van der Waals surface area contributed by atoms with E-state index in [1.54, 1.807) is 56.7 Å². The Balaban J connectivity index is 1.55. The van der Waals surface area contributed by atoms with Crippen molar-refractivity contribution < 1.29 is 32.2 Å². The van der Waals surface area contributed by atoms with Gasteiger partial charge < -0.3 is 24.3 Å². The fraction of sp³-hybridized carbons (Fsp3) is 0.208. The molecular weight excluding hydrogens is 460 g/mol. The Morgan fingerprint density at radius 2 is 1.38 bits per heavy atom. The van der Waals surface area contributed by atoms with Gasteiger partial charge in [-0.2, -0.15) is 0 Å². The molecule has 3 rings (SSSR count). The number of benzene rings is 3. The fourth-order valence-electron chi connectivity index (χ4n) is 3.08. The number of nitrogens with one attached hydrogen (secondary N) is 2. The van der Waals surface area contributed by atoms with Crippen LogP contribution in [0.1, 0.15) is 5.56 Å². The summed E-state index contributed by atoms with van der Waals surface area (Å²) < 4.78 is 48.8. The Morgan fingerprint density at radius 1 is 0.794 bits per heavy atom. The zero-order chi connectivity index (χ0) is 24.6. The van der Waals surface area contributed by atoms with Crippen molar-refractivity contribution in [2.24, 2.45) is 0 Å². The van der Waals surface area contributed by atoms with Crippen LogP contribution in [-0.4, -0.2) is 42.3 Å². The van der Waals surface area contributed by atoms with Crippen LogP contribution < -0.4 is 29.0 Å². The highest BCUT2D eigenvalue weighted by molar-refractivity contribution is 7.92. The summed E-state index contributed by atoms with van der Waals surface area (Å²) in [6, 6.07) is 17.6. The van der Waals surface area contributed by atoms with Gasteiger partial charge in [0.1, 0.15) is 23.0 Å². The van der Waals surface area contributed by atoms with Crippen LogP contribution in [0.3, 0.4) is 0 Å². The lowest BCUT2D eigenvalue weighted by Crippen LogP contribution is -2.28. The topological polar surface area (TPSA) is 112 Å². The van der Waals surface area contributed by atoms with E-state index in [9.17, 15) is 13.2 Å². The van der Waals surface area contributed by atoms with Crippen molar-refractivity contribution in [1.29, 1.82) is 0 Å². The Morgan fingerprint density at radius 3 is 1.94 bits per heavy atom. The monoisotopic (exact) mass is 486 g/mol. The predicted molar refractivity (Wildman–Crippen MR) is 127 cm³/mol. The van der Waals surface area contributed by atoms with Crippen LogP contribution in [0.4, 0.5) is 5.69 Å². The van der Waals surface area contributed by atoms with Crippen LogP contribution in [0.15, 0.2) is 71.6 Å². The molecule has 0 atom stereocenters. The smallest absolute Gasteiger partial charge is 0.261 e. The number of hydrogen-bond acceptors (Lipinski definition) is 7. The summed E-state index contributed by atoms with van der Waals surface area (Å²) in [5, 5.41) is 2.75. The van der Waals surface area contributed by atoms with Crippen LogP contribution in [0.5, 0.6) is 23.0 Å². The second kappa shape index (κ2) is 11.3. The van der Waals surface area contributed by atoms with E-state index in [4.69, 9.17) is 18.9 Å². The molecule has 0 aliphatic heterocycles. The molecule has 0 aromatic heterocycles. The van der Waals surface area contributed by atoms with Gasteiger partial charge in [-0.15, -0.1) is 0 Å². The second-order valence-electron chi connectivity index (χ2n) is 7.01. The molecule has 3 aromatic carbocycles. The first kappa shape index (κ1) is 24.7. The van der Waals surface area contributed by atoms with Gasteiger partial charge in [0, 0.05) is 5.69 Å². The van der Waals surface area contributed by atoms with Gasteiger partial charge in [-0.1, -0.05) is 6.07 Å². The fourth-order valence-corrected chi connectivity index (χ4v) is 4.14. The zero-order valence-corrected chi connectivity index (χ0v) is 19.8. The highest BCUT2D eigenvalue weighted by atomic mass is 32.2. The maximum Gasteiger partial charge on any atom is 0.261 e. The van der Waals surface area contributed by atoms with Crippen molar-refractivity contribution in [3.05, 3.63) is 72.3 Å². The van der Waals surface area contributed by atoms with E-state index in [1.807, 2.05) is 0 Å². The van der Waals surface area contributed by atoms with E-state index in [1.165, 1.54) is 31.4 Å². The molecular formula is C24H26N2O7S. The molecule has 9 nitrogen and oxygen atoms in total. The summed E-state index contributed by atoms with van der Waals surface area (Å²) in [5.41, 5.74) is 1.12. The first-order valence-electron chi connectivity index (χ1n) is 10.2. The summed E-state index contributed by atoms with van der Waals surface area (Å²) in [4.78, 5) is 12.3. The number of sulfonamides is 1. The van der Waals surface area contributed by atoms with Gasteiger partial charge in [0.2, 0.25) is 0 Å². The number of carbonyl (C=O) groups excluding carboxylic acids is 1. The van der Waals surface area contributed by atoms with E-state index >= 15 is 0 Å². The highest BCUT2D eigenvalue weighted by Gasteiger charge is 2.15. The molecule has 3 aromatic rings. The van der Waals surface area contributed by atoms with Crippen molar-refractivity contribution in [1.82, 2.24) is 5.32 Å². The number of ether oxygens (including phenoxy) is 4. The van der Waals surface area contributed by atoms with Crippen molar-refractivity contribution in [2.45, 2.75) is 11.4 Å². The maximum atomic E-state index is 12.6. The summed E-state index contributed by atoms with van der Waals surface area (Å²) in [5.74, 6) is 1.82. The minimum absolute atomic E-state index is 0.0587. The summed E-state index contributed by atoms with van der Waals surface area (Å²) in [7, 11) is 0.831. The maximum absolute atomic E-state index is 12.6. The minimum atomic E-state index is -3.78. The molecule has 1 amide bonds. The van der Waals surface area contributed by atoms with Gasteiger partial charge in [0.05, 0.1) is 38.3 Å². The summed E-state index contributed by atoms with van der Waals surface area (Å²) >= 11 is 0. The predicted octanol–water partition coefficient (Wildman–Crippen LogP) is 3.21. The van der Waals surface area contributed by atoms with E-state index in [-0.39, 0.29) is 24.0 Å². The molecule has 0 spiro atoms. The number of carbonyl (C=O) groups is 1. The minimum Gasteiger partial charge on any atom is -0.497 e. The standard InChI is InChI=1S/C24H26N2O7S/c1-30-18-9-7-17(8-10-18)26-34(28,29)20-13-11-19(12-14-20)33-16-24(27)25-15-21-22(31-2)5-4-6-23(21)32-3/h4-14,26H,15-16H2,1-3H3,(H,25,27). The van der Waals surface area contributed by atoms with Crippen LogP contribution in [0.2, 0.25) is 0 Å². The Labute approximate surface area is 198 Å². The number of hydrogen-bond donors (Lipinski definition) is 2. The zero-order valence-electron chi connectivity index (χ0n) is 19.0. The third kappa shape index (κ3) is 6.32. The van der Waals surface area contributed by atoms with E-state index in [0.29, 0.717) is 34.2 Å². The van der Waals surface area contributed by atoms with Gasteiger partial charge >= 0.3 is 0 Å². The summed E-state index contributed by atoms with van der Waals surface area (Å²) in [6.07, 6.45) is 0. The first-order chi connectivity index (χ1) is 16.4. The first-order valence-corrected chi connectivity index (χ1v) is 11.7. The Hall–Kier alpha value is -3.92. The van der Waals surface area contributed by atoms with Crippen LogP contribution in [0, 0.1) is 0 Å².